The Labute approximate surface area is 73.3 Å². The van der Waals surface area contributed by atoms with Gasteiger partial charge in [-0.15, -0.1) is 4.67 Å². The molecule has 0 saturated carbocycles. The summed E-state index contributed by atoms with van der Waals surface area (Å²) in [5.41, 5.74) is -0.0193. The number of hydrogen-bond acceptors (Lipinski definition) is 5. The van der Waals surface area contributed by atoms with Crippen LogP contribution in [0.3, 0.4) is 0 Å². The van der Waals surface area contributed by atoms with Gasteiger partial charge in [0.05, 0.1) is 6.61 Å². The maximum atomic E-state index is 11.0. The van der Waals surface area contributed by atoms with Crippen LogP contribution in [0.25, 0.3) is 0 Å². The topological polar surface area (TPSA) is 65.0 Å². The van der Waals surface area contributed by atoms with Gasteiger partial charge in [-0.1, -0.05) is 22.9 Å². The number of hydrogen-bond donors (Lipinski definition) is 1. The summed E-state index contributed by atoms with van der Waals surface area (Å²) in [5, 5.41) is 8.11. The second-order valence-electron chi connectivity index (χ2n) is 1.60. The van der Waals surface area contributed by atoms with Crippen LogP contribution in [0.2, 0.25) is 0 Å². The van der Waals surface area contributed by atoms with Gasteiger partial charge in [0.25, 0.3) is 0 Å². The van der Waals surface area contributed by atoms with Crippen LogP contribution in [-0.4, -0.2) is 17.4 Å². The molecule has 0 aromatic heterocycles. The third-order valence-corrected chi connectivity index (χ3v) is 2.49. The van der Waals surface area contributed by atoms with Gasteiger partial charge in [0.15, 0.2) is 0 Å². The van der Waals surface area contributed by atoms with Crippen molar-refractivity contribution in [3.63, 3.8) is 0 Å². The molecule has 0 aliphatic rings. The number of halogens is 1. The summed E-state index contributed by atoms with van der Waals surface area (Å²) >= 11 is 2.85. The second-order valence-corrected chi connectivity index (χ2v) is 3.63. The molecule has 0 aromatic carbocycles. The van der Waals surface area contributed by atoms with Crippen LogP contribution in [-0.2, 0) is 18.3 Å². The third kappa shape index (κ3) is 4.90. The molecule has 0 heterocycles. The summed E-state index contributed by atoms with van der Waals surface area (Å²) in [6.45, 7) is 2.04. The Morgan fingerprint density at radius 1 is 1.55 bits per heavy atom. The molecule has 1 unspecified atom stereocenters. The quantitative estimate of drug-likeness (QED) is 0.339. The molecule has 0 amide bonds. The van der Waals surface area contributed by atoms with E-state index in [4.69, 9.17) is 5.26 Å². The fourth-order valence-electron chi connectivity index (χ4n) is 0.347. The molecule has 0 aliphatic carbocycles. The van der Waals surface area contributed by atoms with E-state index < -0.39 is 7.82 Å². The van der Waals surface area contributed by atoms with Crippen molar-refractivity contribution < 1.29 is 23.5 Å². The van der Waals surface area contributed by atoms with Gasteiger partial charge in [-0.05, 0) is 6.42 Å². The molecule has 0 aliphatic heterocycles. The van der Waals surface area contributed by atoms with Gasteiger partial charge in [-0.25, -0.2) is 9.82 Å². The van der Waals surface area contributed by atoms with Crippen molar-refractivity contribution in [2.75, 3.05) is 12.1 Å². The molecule has 0 spiro atoms. The van der Waals surface area contributed by atoms with E-state index >= 15 is 0 Å². The summed E-state index contributed by atoms with van der Waals surface area (Å²) in [6, 6.07) is 0. The molecule has 0 saturated heterocycles. The lowest BCUT2D eigenvalue weighted by molar-refractivity contribution is -0.164. The van der Waals surface area contributed by atoms with Crippen molar-refractivity contribution in [1.82, 2.24) is 0 Å². The number of rotatable bonds is 6. The first kappa shape index (κ1) is 11.6. The number of alkyl halides is 1. The zero-order valence-corrected chi connectivity index (χ0v) is 8.51. The highest BCUT2D eigenvalue weighted by Crippen LogP contribution is 2.48. The van der Waals surface area contributed by atoms with Gasteiger partial charge in [-0.3, -0.25) is 9.05 Å². The fourth-order valence-corrected chi connectivity index (χ4v) is 1.79. The molecule has 0 radical (unpaired) electrons. The Hall–Kier alpha value is 0.550. The van der Waals surface area contributed by atoms with Gasteiger partial charge in [-0.2, -0.15) is 0 Å². The van der Waals surface area contributed by atoms with Crippen LogP contribution in [0.5, 0.6) is 0 Å². The predicted octanol–water partition coefficient (Wildman–Crippen LogP) is 2.38. The largest absolute Gasteiger partial charge is 0.502 e. The number of phosphoric ester groups is 1. The molecule has 68 valence electrons. The Morgan fingerprint density at radius 2 is 2.18 bits per heavy atom. The van der Waals surface area contributed by atoms with Gasteiger partial charge in [0.2, 0.25) is 0 Å². The van der Waals surface area contributed by atoms with Crippen LogP contribution >= 0.6 is 23.8 Å². The highest BCUT2D eigenvalue weighted by molar-refractivity contribution is 9.09. The molecule has 7 heteroatoms. The lowest BCUT2D eigenvalue weighted by Gasteiger charge is -2.11. The van der Waals surface area contributed by atoms with Crippen molar-refractivity contribution in [1.29, 1.82) is 0 Å². The average molecular weight is 249 g/mol. The van der Waals surface area contributed by atoms with E-state index in [1.807, 2.05) is 6.92 Å². The first-order valence-electron chi connectivity index (χ1n) is 2.96. The van der Waals surface area contributed by atoms with Gasteiger partial charge in [0.1, 0.15) is 5.52 Å². The first-order valence-corrected chi connectivity index (χ1v) is 5.55. The standard InChI is InChI=1S/C4H10BrO5P/c1-2-3-8-11(7,10-6)9-4-5/h6H,2-4H2,1H3. The van der Waals surface area contributed by atoms with Gasteiger partial charge < -0.3 is 0 Å². The lowest BCUT2D eigenvalue weighted by atomic mass is 10.5. The molecular formula is C4H10BrO5P. The average Bonchev–Trinajstić information content (AvgIpc) is 2.02. The highest BCUT2D eigenvalue weighted by Gasteiger charge is 2.25. The zero-order chi connectivity index (χ0) is 8.74. The van der Waals surface area contributed by atoms with Crippen molar-refractivity contribution in [2.24, 2.45) is 0 Å². The van der Waals surface area contributed by atoms with E-state index in [2.05, 4.69) is 29.7 Å². The maximum absolute atomic E-state index is 11.0. The van der Waals surface area contributed by atoms with Crippen LogP contribution in [0, 0.1) is 0 Å². The van der Waals surface area contributed by atoms with E-state index in [9.17, 15) is 4.57 Å². The summed E-state index contributed by atoms with van der Waals surface area (Å²) < 4.78 is 23.6. The Kier molecular flexibility index (Phi) is 6.41. The minimum Gasteiger partial charge on any atom is -0.285 e. The van der Waals surface area contributed by atoms with Gasteiger partial charge >= 0.3 is 7.82 Å². The van der Waals surface area contributed by atoms with E-state index in [1.165, 1.54) is 0 Å². The Morgan fingerprint density at radius 3 is 2.55 bits per heavy atom. The summed E-state index contributed by atoms with van der Waals surface area (Å²) in [7, 11) is -3.71. The maximum Gasteiger partial charge on any atom is 0.502 e. The SMILES string of the molecule is CCCOP(=O)(OO)OCBr. The molecule has 11 heavy (non-hydrogen) atoms. The smallest absolute Gasteiger partial charge is 0.285 e. The van der Waals surface area contributed by atoms with Crippen molar-refractivity contribution in [3.8, 4) is 0 Å². The zero-order valence-electron chi connectivity index (χ0n) is 6.03. The normalized spacial score (nSPS) is 16.3. The Bertz CT molecular complexity index is 140. The van der Waals surface area contributed by atoms with E-state index in [-0.39, 0.29) is 12.1 Å². The number of phosphoric acid groups is 1. The monoisotopic (exact) mass is 248 g/mol. The molecule has 1 atom stereocenters. The third-order valence-electron chi connectivity index (χ3n) is 0.760. The molecule has 0 rings (SSSR count). The van der Waals surface area contributed by atoms with E-state index in [1.54, 1.807) is 0 Å². The van der Waals surface area contributed by atoms with Crippen LogP contribution in [0.4, 0.5) is 0 Å². The molecule has 5 nitrogen and oxygen atoms in total. The van der Waals surface area contributed by atoms with Crippen LogP contribution < -0.4 is 0 Å². The fraction of sp³-hybridized carbons (Fsp3) is 1.00. The highest BCUT2D eigenvalue weighted by atomic mass is 79.9. The predicted molar refractivity (Wildman–Crippen MR) is 42.4 cm³/mol. The second kappa shape index (κ2) is 6.11. The van der Waals surface area contributed by atoms with Crippen LogP contribution in [0.1, 0.15) is 13.3 Å². The van der Waals surface area contributed by atoms with Crippen LogP contribution in [0.15, 0.2) is 0 Å². The summed E-state index contributed by atoms with van der Waals surface area (Å²) in [4.78, 5) is 0. The summed E-state index contributed by atoms with van der Waals surface area (Å²) in [6.07, 6.45) is 0.666. The minimum atomic E-state index is -3.71. The first-order chi connectivity index (χ1) is 5.18. The molecule has 0 aromatic rings. The van der Waals surface area contributed by atoms with E-state index in [0.717, 1.165) is 0 Å². The Balaban J connectivity index is 3.79. The summed E-state index contributed by atoms with van der Waals surface area (Å²) in [5.74, 6) is 0. The molecule has 0 fully saturated rings. The van der Waals surface area contributed by atoms with Crippen molar-refractivity contribution >= 4 is 23.8 Å². The van der Waals surface area contributed by atoms with Gasteiger partial charge in [0, 0.05) is 0 Å². The van der Waals surface area contributed by atoms with Crippen molar-refractivity contribution in [2.45, 2.75) is 13.3 Å². The molecular weight excluding hydrogens is 239 g/mol. The lowest BCUT2D eigenvalue weighted by Crippen LogP contribution is -1.97. The molecule has 1 N–H and O–H groups in total. The minimum absolute atomic E-state index is 0.0193. The van der Waals surface area contributed by atoms with Crippen molar-refractivity contribution in [3.05, 3.63) is 0 Å². The molecule has 0 bridgehead atoms. The van der Waals surface area contributed by atoms with E-state index in [0.29, 0.717) is 6.42 Å².